The number of aromatic nitrogens is 3. The first-order valence-corrected chi connectivity index (χ1v) is 15.8. The van der Waals surface area contributed by atoms with Crippen LogP contribution in [0.3, 0.4) is 0 Å². The number of fused-ring (bicyclic) bond motifs is 1. The highest BCUT2D eigenvalue weighted by Gasteiger charge is 2.26. The molecular formula is C34H39ClFN5O4. The van der Waals surface area contributed by atoms with E-state index in [0.717, 1.165) is 68.1 Å². The van der Waals surface area contributed by atoms with Gasteiger partial charge in [0.2, 0.25) is 5.88 Å². The predicted octanol–water partition coefficient (Wildman–Crippen LogP) is 7.32. The van der Waals surface area contributed by atoms with E-state index in [-0.39, 0.29) is 12.7 Å². The van der Waals surface area contributed by atoms with Gasteiger partial charge in [-0.1, -0.05) is 23.7 Å². The molecule has 1 amide bonds. The number of carbonyl (C=O) groups excluding carboxylic acids is 1. The van der Waals surface area contributed by atoms with Crippen LogP contribution in [0.4, 0.5) is 14.9 Å². The summed E-state index contributed by atoms with van der Waals surface area (Å²) in [6.07, 6.45) is 2.64. The maximum Gasteiger partial charge on any atom is 0.412 e. The van der Waals surface area contributed by atoms with Crippen LogP contribution in [-0.4, -0.2) is 56.9 Å². The fourth-order valence-corrected chi connectivity index (χ4v) is 5.91. The van der Waals surface area contributed by atoms with Crippen molar-refractivity contribution in [3.63, 3.8) is 0 Å². The van der Waals surface area contributed by atoms with Crippen LogP contribution in [0.25, 0.3) is 11.0 Å². The van der Waals surface area contributed by atoms with E-state index >= 15 is 0 Å². The highest BCUT2D eigenvalue weighted by Crippen LogP contribution is 2.30. The third-order valence-corrected chi connectivity index (χ3v) is 8.39. The summed E-state index contributed by atoms with van der Waals surface area (Å²) in [6, 6.07) is 16.1. The van der Waals surface area contributed by atoms with Crippen LogP contribution >= 0.6 is 11.6 Å². The number of rotatable bonds is 9. The zero-order chi connectivity index (χ0) is 31.6. The minimum absolute atomic E-state index is 0.0867. The number of likely N-dealkylation sites (tertiary alicyclic amines) is 1. The van der Waals surface area contributed by atoms with E-state index in [1.54, 1.807) is 18.2 Å². The Bertz CT molecular complexity index is 1660. The van der Waals surface area contributed by atoms with Crippen LogP contribution in [0.1, 0.15) is 63.0 Å². The van der Waals surface area contributed by atoms with Gasteiger partial charge in [0, 0.05) is 40.6 Å². The first-order chi connectivity index (χ1) is 21.6. The predicted molar refractivity (Wildman–Crippen MR) is 171 cm³/mol. The summed E-state index contributed by atoms with van der Waals surface area (Å²) < 4.78 is 33.4. The number of pyridine rings is 1. The van der Waals surface area contributed by atoms with Crippen LogP contribution < -0.4 is 10.1 Å². The van der Waals surface area contributed by atoms with Crippen molar-refractivity contribution in [3.8, 4) is 5.88 Å². The van der Waals surface area contributed by atoms with E-state index < -0.39 is 17.5 Å². The van der Waals surface area contributed by atoms with Gasteiger partial charge in [0.25, 0.3) is 0 Å². The number of amides is 1. The highest BCUT2D eigenvalue weighted by atomic mass is 35.5. The number of nitrogens with one attached hydrogen (secondary N) is 1. The van der Waals surface area contributed by atoms with Crippen LogP contribution in [-0.2, 0) is 29.2 Å². The molecule has 0 aliphatic carbocycles. The number of hydrogen-bond acceptors (Lipinski definition) is 7. The Morgan fingerprint density at radius 1 is 1.09 bits per heavy atom. The Kier molecular flexibility index (Phi) is 9.26. The van der Waals surface area contributed by atoms with Gasteiger partial charge in [0.05, 0.1) is 30.2 Å². The molecule has 0 saturated carbocycles. The number of hydrogen-bond donors (Lipinski definition) is 1. The van der Waals surface area contributed by atoms with E-state index in [9.17, 15) is 9.18 Å². The molecule has 238 valence electrons. The van der Waals surface area contributed by atoms with E-state index in [0.29, 0.717) is 34.6 Å². The summed E-state index contributed by atoms with van der Waals surface area (Å²) in [5, 5.41) is 3.18. The van der Waals surface area contributed by atoms with Crippen molar-refractivity contribution in [1.29, 1.82) is 0 Å². The summed E-state index contributed by atoms with van der Waals surface area (Å²) in [5.74, 6) is 1.38. The van der Waals surface area contributed by atoms with Gasteiger partial charge in [-0.15, -0.1) is 0 Å². The average molecular weight is 636 g/mol. The lowest BCUT2D eigenvalue weighted by atomic mass is 9.93. The fraction of sp³-hybridized carbons (Fsp3) is 0.441. The molecule has 2 aromatic heterocycles. The van der Waals surface area contributed by atoms with Crippen molar-refractivity contribution < 1.29 is 23.4 Å². The number of halogens is 2. The minimum atomic E-state index is -0.579. The molecule has 4 aromatic rings. The van der Waals surface area contributed by atoms with Crippen molar-refractivity contribution in [2.75, 3.05) is 25.0 Å². The lowest BCUT2D eigenvalue weighted by Gasteiger charge is -2.32. The van der Waals surface area contributed by atoms with E-state index in [2.05, 4.69) is 14.8 Å². The van der Waals surface area contributed by atoms with Crippen LogP contribution in [0, 0.1) is 5.82 Å². The Balaban J connectivity index is 1.10. The number of nitrogens with zero attached hydrogens (tertiary/aromatic N) is 4. The number of anilines is 1. The van der Waals surface area contributed by atoms with Crippen molar-refractivity contribution >= 4 is 34.4 Å². The van der Waals surface area contributed by atoms with Gasteiger partial charge < -0.3 is 18.8 Å². The molecule has 1 atom stereocenters. The molecule has 4 heterocycles. The summed E-state index contributed by atoms with van der Waals surface area (Å²) in [7, 11) is 0. The number of piperidine rings is 1. The van der Waals surface area contributed by atoms with Gasteiger partial charge in [-0.05, 0) is 89.5 Å². The highest BCUT2D eigenvalue weighted by molar-refractivity contribution is 6.30. The second-order valence-corrected chi connectivity index (χ2v) is 13.2. The third-order valence-electron chi connectivity index (χ3n) is 8.16. The lowest BCUT2D eigenvalue weighted by molar-refractivity contribution is -0.0592. The molecule has 0 spiro atoms. The molecule has 2 saturated heterocycles. The quantitative estimate of drug-likeness (QED) is 0.206. The fourth-order valence-electron chi connectivity index (χ4n) is 5.75. The largest absolute Gasteiger partial charge is 0.473 e. The SMILES string of the molecule is CC(C)(C)OC(=O)Nc1ccc2c(c1)nc(CN1CCC(c3cccc(OCc4ccc(Cl)cc4F)n3)CC1)n2C[C@@H]1CCO1. The number of benzene rings is 2. The van der Waals surface area contributed by atoms with Gasteiger partial charge in [0.1, 0.15) is 23.8 Å². The molecule has 0 bridgehead atoms. The second-order valence-electron chi connectivity index (χ2n) is 12.7. The van der Waals surface area contributed by atoms with E-state index in [4.69, 9.17) is 35.8 Å². The number of carbonyl (C=O) groups is 1. The molecule has 1 N–H and O–H groups in total. The summed E-state index contributed by atoms with van der Waals surface area (Å²) in [5.41, 5.74) is 3.33. The first kappa shape index (κ1) is 31.3. The van der Waals surface area contributed by atoms with Crippen molar-refractivity contribution in [2.45, 2.75) is 77.4 Å². The van der Waals surface area contributed by atoms with Crippen molar-refractivity contribution in [2.24, 2.45) is 0 Å². The lowest BCUT2D eigenvalue weighted by Crippen LogP contribution is -2.35. The molecule has 45 heavy (non-hydrogen) atoms. The number of ether oxygens (including phenoxy) is 3. The molecule has 2 fully saturated rings. The molecule has 2 aromatic carbocycles. The van der Waals surface area contributed by atoms with Gasteiger partial charge in [0.15, 0.2) is 0 Å². The maximum absolute atomic E-state index is 14.2. The standard InChI is InChI=1S/C34H39ClFN5O4/c1-34(2,3)45-33(42)37-25-9-10-30-29(18-25)38-31(41(30)19-26-13-16-43-26)20-40-14-11-22(12-15-40)28-5-4-6-32(39-28)44-21-23-7-8-24(35)17-27(23)36/h4-10,17-18,22,26H,11-16,19-21H2,1-3H3,(H,37,42)/t26-/m0/s1. The summed E-state index contributed by atoms with van der Waals surface area (Å²) in [4.78, 5) is 24.5. The Morgan fingerprint density at radius 2 is 1.89 bits per heavy atom. The molecule has 2 aliphatic heterocycles. The maximum atomic E-state index is 14.2. The average Bonchev–Trinajstić information content (AvgIpc) is 3.29. The normalized spacial score (nSPS) is 17.7. The van der Waals surface area contributed by atoms with Gasteiger partial charge in [-0.2, -0.15) is 0 Å². The Morgan fingerprint density at radius 3 is 2.60 bits per heavy atom. The van der Waals surface area contributed by atoms with E-state index in [1.165, 1.54) is 6.07 Å². The smallest absolute Gasteiger partial charge is 0.412 e. The molecule has 6 rings (SSSR count). The first-order valence-electron chi connectivity index (χ1n) is 15.5. The monoisotopic (exact) mass is 635 g/mol. The van der Waals surface area contributed by atoms with Crippen LogP contribution in [0.5, 0.6) is 5.88 Å². The molecule has 0 radical (unpaired) electrons. The molecule has 11 heteroatoms. The third kappa shape index (κ3) is 7.92. The topological polar surface area (TPSA) is 90.7 Å². The summed E-state index contributed by atoms with van der Waals surface area (Å²) >= 11 is 5.86. The van der Waals surface area contributed by atoms with Crippen molar-refractivity contribution in [1.82, 2.24) is 19.4 Å². The van der Waals surface area contributed by atoms with Gasteiger partial charge >= 0.3 is 6.09 Å². The zero-order valence-electron chi connectivity index (χ0n) is 25.9. The van der Waals surface area contributed by atoms with Gasteiger partial charge in [-0.3, -0.25) is 10.2 Å². The second kappa shape index (κ2) is 13.3. The Labute approximate surface area is 267 Å². The molecule has 9 nitrogen and oxygen atoms in total. The van der Waals surface area contributed by atoms with Crippen LogP contribution in [0.2, 0.25) is 5.02 Å². The molecule has 2 aliphatic rings. The number of imidazole rings is 1. The minimum Gasteiger partial charge on any atom is -0.473 e. The zero-order valence-corrected chi connectivity index (χ0v) is 26.6. The molecular weight excluding hydrogens is 597 g/mol. The molecule has 0 unspecified atom stereocenters. The summed E-state index contributed by atoms with van der Waals surface area (Å²) in [6.45, 7) is 9.67. The van der Waals surface area contributed by atoms with Crippen molar-refractivity contribution in [3.05, 3.63) is 82.5 Å². The Hall–Kier alpha value is -3.73. The van der Waals surface area contributed by atoms with Gasteiger partial charge in [-0.25, -0.2) is 19.2 Å². The van der Waals surface area contributed by atoms with Crippen LogP contribution in [0.15, 0.2) is 54.6 Å². The van der Waals surface area contributed by atoms with E-state index in [1.807, 2.05) is 51.1 Å².